The number of fused-ring (bicyclic) bond motifs is 1. The minimum absolute atomic E-state index is 0.133. The van der Waals surface area contributed by atoms with Gasteiger partial charge < -0.3 is 15.0 Å². The van der Waals surface area contributed by atoms with Gasteiger partial charge in [0, 0.05) is 22.6 Å². The van der Waals surface area contributed by atoms with Crippen LogP contribution in [-0.4, -0.2) is 17.5 Å². The summed E-state index contributed by atoms with van der Waals surface area (Å²) in [4.78, 5) is 26.9. The molecule has 3 aromatic rings. The topological polar surface area (TPSA) is 71.2 Å². The first-order chi connectivity index (χ1) is 12.0. The van der Waals surface area contributed by atoms with Crippen LogP contribution in [0.2, 0.25) is 5.02 Å². The molecule has 0 unspecified atom stereocenters. The summed E-state index contributed by atoms with van der Waals surface area (Å²) in [6, 6.07) is 14.4. The second kappa shape index (κ2) is 7.40. The number of H-pyrrole nitrogens is 1. The Morgan fingerprint density at radius 2 is 1.92 bits per heavy atom. The smallest absolute Gasteiger partial charge is 0.258 e. The van der Waals surface area contributed by atoms with Gasteiger partial charge >= 0.3 is 0 Å². The van der Waals surface area contributed by atoms with Crippen molar-refractivity contribution in [3.8, 4) is 5.75 Å². The fraction of sp³-hybridized carbons (Fsp3) is 0.158. The average molecular weight is 357 g/mol. The maximum Gasteiger partial charge on any atom is 0.258 e. The number of aryl methyl sites for hydroxylation is 1. The molecule has 0 aliphatic heterocycles. The monoisotopic (exact) mass is 356 g/mol. The van der Waals surface area contributed by atoms with E-state index in [4.69, 9.17) is 16.3 Å². The Hall–Kier alpha value is -2.79. The molecule has 6 heteroatoms. The van der Waals surface area contributed by atoms with Crippen LogP contribution in [0.5, 0.6) is 5.75 Å². The Balaban J connectivity index is 1.61. The number of aromatic amines is 1. The molecule has 0 fully saturated rings. The Bertz CT molecular complexity index is 965. The second-order valence-corrected chi connectivity index (χ2v) is 6.17. The zero-order valence-electron chi connectivity index (χ0n) is 13.6. The molecule has 1 amide bonds. The number of carbonyl (C=O) groups is 1. The number of aromatic nitrogens is 1. The third-order valence-electron chi connectivity index (χ3n) is 3.74. The molecule has 1 heterocycles. The van der Waals surface area contributed by atoms with Gasteiger partial charge in [-0.1, -0.05) is 23.7 Å². The lowest BCUT2D eigenvalue weighted by Crippen LogP contribution is -2.30. The molecule has 0 aliphatic rings. The number of pyridine rings is 1. The predicted molar refractivity (Wildman–Crippen MR) is 98.1 cm³/mol. The summed E-state index contributed by atoms with van der Waals surface area (Å²) in [6.07, 6.45) is 0. The summed E-state index contributed by atoms with van der Waals surface area (Å²) >= 11 is 5.79. The summed E-state index contributed by atoms with van der Waals surface area (Å²) in [7, 11) is 0. The SMILES string of the molecule is Cc1ccc2cc(CNC(=O)COc3ccc(Cl)cc3)c(=O)[nH]c2c1. The first-order valence-electron chi connectivity index (χ1n) is 7.79. The van der Waals surface area contributed by atoms with Crippen LogP contribution in [0.1, 0.15) is 11.1 Å². The van der Waals surface area contributed by atoms with Gasteiger partial charge in [-0.05, 0) is 54.3 Å². The van der Waals surface area contributed by atoms with Gasteiger partial charge in [-0.25, -0.2) is 0 Å². The molecule has 3 rings (SSSR count). The number of halogens is 1. The van der Waals surface area contributed by atoms with Gasteiger partial charge in [0.2, 0.25) is 0 Å². The third-order valence-corrected chi connectivity index (χ3v) is 3.99. The molecule has 0 saturated heterocycles. The van der Waals surface area contributed by atoms with Gasteiger partial charge in [-0.3, -0.25) is 9.59 Å². The summed E-state index contributed by atoms with van der Waals surface area (Å²) in [5, 5.41) is 4.21. The second-order valence-electron chi connectivity index (χ2n) is 5.73. The molecule has 2 aromatic carbocycles. The van der Waals surface area contributed by atoms with Crippen LogP contribution >= 0.6 is 11.6 Å². The molecule has 2 N–H and O–H groups in total. The summed E-state index contributed by atoms with van der Waals surface area (Å²) in [5.74, 6) is 0.247. The molecular weight excluding hydrogens is 340 g/mol. The number of nitrogens with one attached hydrogen (secondary N) is 2. The van der Waals surface area contributed by atoms with E-state index in [-0.39, 0.29) is 24.6 Å². The van der Waals surface area contributed by atoms with Crippen molar-refractivity contribution in [1.29, 1.82) is 0 Å². The van der Waals surface area contributed by atoms with Gasteiger partial charge in [-0.15, -0.1) is 0 Å². The molecule has 5 nitrogen and oxygen atoms in total. The van der Waals surface area contributed by atoms with E-state index in [0.717, 1.165) is 16.5 Å². The lowest BCUT2D eigenvalue weighted by atomic mass is 10.1. The maximum atomic E-state index is 12.1. The Labute approximate surface area is 149 Å². The summed E-state index contributed by atoms with van der Waals surface area (Å²) < 4.78 is 5.37. The van der Waals surface area contributed by atoms with E-state index in [1.165, 1.54) is 0 Å². The maximum absolute atomic E-state index is 12.1. The van der Waals surface area contributed by atoms with Crippen LogP contribution in [0.25, 0.3) is 10.9 Å². The molecule has 0 aliphatic carbocycles. The van der Waals surface area contributed by atoms with Gasteiger partial charge in [-0.2, -0.15) is 0 Å². The van der Waals surface area contributed by atoms with Crippen molar-refractivity contribution in [3.63, 3.8) is 0 Å². The number of carbonyl (C=O) groups excluding carboxylic acids is 1. The zero-order valence-corrected chi connectivity index (χ0v) is 14.4. The first-order valence-corrected chi connectivity index (χ1v) is 8.17. The van der Waals surface area contributed by atoms with Gasteiger partial charge in [0.05, 0.1) is 0 Å². The van der Waals surface area contributed by atoms with E-state index in [2.05, 4.69) is 10.3 Å². The number of hydrogen-bond acceptors (Lipinski definition) is 3. The van der Waals surface area contributed by atoms with Crippen molar-refractivity contribution in [2.45, 2.75) is 13.5 Å². The first kappa shape index (κ1) is 17.0. The van der Waals surface area contributed by atoms with Crippen LogP contribution < -0.4 is 15.6 Å². The number of benzene rings is 2. The Morgan fingerprint density at radius 3 is 2.68 bits per heavy atom. The Morgan fingerprint density at radius 1 is 1.16 bits per heavy atom. The lowest BCUT2D eigenvalue weighted by molar-refractivity contribution is -0.123. The largest absolute Gasteiger partial charge is 0.484 e. The number of rotatable bonds is 5. The highest BCUT2D eigenvalue weighted by Gasteiger charge is 2.07. The minimum Gasteiger partial charge on any atom is -0.484 e. The molecule has 0 saturated carbocycles. The summed E-state index contributed by atoms with van der Waals surface area (Å²) in [6.45, 7) is 1.97. The molecule has 128 valence electrons. The highest BCUT2D eigenvalue weighted by molar-refractivity contribution is 6.30. The van der Waals surface area contributed by atoms with Crippen molar-refractivity contribution < 1.29 is 9.53 Å². The summed E-state index contributed by atoms with van der Waals surface area (Å²) in [5.41, 5.74) is 2.14. The molecule has 0 bridgehead atoms. The molecular formula is C19H17ClN2O3. The fourth-order valence-electron chi connectivity index (χ4n) is 2.42. The molecule has 0 atom stereocenters. The fourth-order valence-corrected chi connectivity index (χ4v) is 2.54. The quantitative estimate of drug-likeness (QED) is 0.737. The lowest BCUT2D eigenvalue weighted by Gasteiger charge is -2.08. The van der Waals surface area contributed by atoms with E-state index in [1.54, 1.807) is 30.3 Å². The molecule has 25 heavy (non-hydrogen) atoms. The molecule has 0 spiro atoms. The van der Waals surface area contributed by atoms with Crippen molar-refractivity contribution in [2.75, 3.05) is 6.61 Å². The number of amides is 1. The van der Waals surface area contributed by atoms with E-state index in [1.807, 2.05) is 25.1 Å². The van der Waals surface area contributed by atoms with Crippen LogP contribution in [-0.2, 0) is 11.3 Å². The van der Waals surface area contributed by atoms with Crippen LogP contribution in [0, 0.1) is 6.92 Å². The zero-order chi connectivity index (χ0) is 17.8. The highest BCUT2D eigenvalue weighted by Crippen LogP contribution is 2.15. The van der Waals surface area contributed by atoms with Crippen LogP contribution in [0.3, 0.4) is 0 Å². The minimum atomic E-state index is -0.307. The molecule has 1 aromatic heterocycles. The molecule has 0 radical (unpaired) electrons. The van der Waals surface area contributed by atoms with Crippen LogP contribution in [0.15, 0.2) is 53.3 Å². The van der Waals surface area contributed by atoms with E-state index < -0.39 is 0 Å². The Kier molecular flexibility index (Phi) is 5.05. The number of hydrogen-bond donors (Lipinski definition) is 2. The predicted octanol–water partition coefficient (Wildman–Crippen LogP) is 3.19. The van der Waals surface area contributed by atoms with Crippen molar-refractivity contribution in [2.24, 2.45) is 0 Å². The van der Waals surface area contributed by atoms with Crippen molar-refractivity contribution in [3.05, 3.63) is 75.0 Å². The standard InChI is InChI=1S/C19H17ClN2O3/c1-12-2-3-13-9-14(19(24)22-17(13)8-12)10-21-18(23)11-25-16-6-4-15(20)5-7-16/h2-9H,10-11H2,1H3,(H,21,23)(H,22,24). The van der Waals surface area contributed by atoms with Gasteiger partial charge in [0.15, 0.2) is 6.61 Å². The third kappa shape index (κ3) is 4.39. The average Bonchev–Trinajstić information content (AvgIpc) is 2.59. The van der Waals surface area contributed by atoms with Gasteiger partial charge in [0.1, 0.15) is 5.75 Å². The van der Waals surface area contributed by atoms with E-state index >= 15 is 0 Å². The van der Waals surface area contributed by atoms with Crippen LogP contribution in [0.4, 0.5) is 0 Å². The van der Waals surface area contributed by atoms with Crippen molar-refractivity contribution in [1.82, 2.24) is 10.3 Å². The van der Waals surface area contributed by atoms with E-state index in [0.29, 0.717) is 16.3 Å². The van der Waals surface area contributed by atoms with Crippen molar-refractivity contribution >= 4 is 28.4 Å². The number of ether oxygens (including phenoxy) is 1. The normalized spacial score (nSPS) is 10.6. The highest BCUT2D eigenvalue weighted by atomic mass is 35.5. The van der Waals surface area contributed by atoms with E-state index in [9.17, 15) is 9.59 Å². The van der Waals surface area contributed by atoms with Gasteiger partial charge in [0.25, 0.3) is 11.5 Å².